The largest absolute Gasteiger partial charge is 0.490 e. The number of likely N-dealkylation sites (N-methyl/N-ethyl adjacent to an activating group) is 1. The first kappa shape index (κ1) is 22.3. The first-order valence-electron chi connectivity index (χ1n) is 10.2. The SMILES string of the molecule is CC(=O)N1CCOc2ccc(S(=O)(=O)N(C)CC(=O)NCCC3=CCCCC3)cc21. The van der Waals surface area contributed by atoms with Crippen LogP contribution in [0.5, 0.6) is 5.75 Å². The van der Waals surface area contributed by atoms with Crippen LogP contribution in [0.3, 0.4) is 0 Å². The predicted octanol–water partition coefficient (Wildman–Crippen LogP) is 2.06. The Balaban J connectivity index is 1.63. The number of benzene rings is 1. The minimum Gasteiger partial charge on any atom is -0.490 e. The van der Waals surface area contributed by atoms with E-state index in [1.54, 1.807) is 6.07 Å². The monoisotopic (exact) mass is 435 g/mol. The Morgan fingerprint density at radius 2 is 2.07 bits per heavy atom. The van der Waals surface area contributed by atoms with Crippen molar-refractivity contribution in [2.24, 2.45) is 0 Å². The topological polar surface area (TPSA) is 96.0 Å². The molecule has 164 valence electrons. The van der Waals surface area contributed by atoms with Gasteiger partial charge in [-0.2, -0.15) is 4.31 Å². The molecule has 0 saturated heterocycles. The van der Waals surface area contributed by atoms with E-state index in [4.69, 9.17) is 4.74 Å². The Morgan fingerprint density at radius 1 is 1.27 bits per heavy atom. The van der Waals surface area contributed by atoms with Gasteiger partial charge in [0, 0.05) is 20.5 Å². The Kier molecular flexibility index (Phi) is 7.14. The number of carbonyl (C=O) groups is 2. The predicted molar refractivity (Wildman–Crippen MR) is 114 cm³/mol. The molecular weight excluding hydrogens is 406 g/mol. The summed E-state index contributed by atoms with van der Waals surface area (Å²) in [5, 5.41) is 2.80. The Morgan fingerprint density at radius 3 is 2.77 bits per heavy atom. The highest BCUT2D eigenvalue weighted by Gasteiger charge is 2.27. The number of fused-ring (bicyclic) bond motifs is 1. The maximum absolute atomic E-state index is 12.9. The van der Waals surface area contributed by atoms with Gasteiger partial charge in [-0.1, -0.05) is 11.6 Å². The molecule has 3 rings (SSSR count). The van der Waals surface area contributed by atoms with Crippen molar-refractivity contribution in [1.29, 1.82) is 0 Å². The van der Waals surface area contributed by atoms with Gasteiger partial charge in [-0.05, 0) is 50.3 Å². The van der Waals surface area contributed by atoms with Gasteiger partial charge in [0.25, 0.3) is 0 Å². The van der Waals surface area contributed by atoms with Crippen LogP contribution in [0, 0.1) is 0 Å². The average molecular weight is 436 g/mol. The van der Waals surface area contributed by atoms with Crippen LogP contribution in [0.15, 0.2) is 34.7 Å². The van der Waals surface area contributed by atoms with Crippen LogP contribution < -0.4 is 15.0 Å². The number of anilines is 1. The molecular formula is C21H29N3O5S. The first-order chi connectivity index (χ1) is 14.3. The van der Waals surface area contributed by atoms with E-state index in [9.17, 15) is 18.0 Å². The van der Waals surface area contributed by atoms with E-state index in [1.165, 1.54) is 49.4 Å². The van der Waals surface area contributed by atoms with Crippen molar-refractivity contribution in [3.05, 3.63) is 29.8 Å². The average Bonchev–Trinajstić information content (AvgIpc) is 2.73. The normalized spacial score (nSPS) is 16.5. The van der Waals surface area contributed by atoms with Crippen LogP contribution >= 0.6 is 0 Å². The lowest BCUT2D eigenvalue weighted by Gasteiger charge is -2.29. The highest BCUT2D eigenvalue weighted by Crippen LogP contribution is 2.34. The second-order valence-electron chi connectivity index (χ2n) is 7.62. The second-order valence-corrected chi connectivity index (χ2v) is 9.66. The highest BCUT2D eigenvalue weighted by molar-refractivity contribution is 7.89. The van der Waals surface area contributed by atoms with Crippen molar-refractivity contribution in [1.82, 2.24) is 9.62 Å². The number of ether oxygens (including phenoxy) is 1. The molecule has 1 aromatic carbocycles. The molecule has 30 heavy (non-hydrogen) atoms. The zero-order valence-corrected chi connectivity index (χ0v) is 18.3. The molecule has 0 bridgehead atoms. The lowest BCUT2D eigenvalue weighted by Crippen LogP contribution is -2.39. The van der Waals surface area contributed by atoms with E-state index in [0.29, 0.717) is 31.1 Å². The molecule has 0 atom stereocenters. The number of nitrogens with zero attached hydrogens (tertiary/aromatic N) is 2. The maximum atomic E-state index is 12.9. The molecule has 1 aliphatic carbocycles. The number of carbonyl (C=O) groups excluding carboxylic acids is 2. The van der Waals surface area contributed by atoms with Crippen LogP contribution in [-0.2, 0) is 19.6 Å². The van der Waals surface area contributed by atoms with Gasteiger partial charge in [0.05, 0.1) is 23.7 Å². The van der Waals surface area contributed by atoms with E-state index in [-0.39, 0.29) is 23.3 Å². The van der Waals surface area contributed by atoms with Gasteiger partial charge in [-0.25, -0.2) is 8.42 Å². The van der Waals surface area contributed by atoms with E-state index < -0.39 is 10.0 Å². The van der Waals surface area contributed by atoms with Crippen molar-refractivity contribution < 1.29 is 22.7 Å². The summed E-state index contributed by atoms with van der Waals surface area (Å²) in [6.45, 7) is 2.37. The molecule has 1 heterocycles. The van der Waals surface area contributed by atoms with Crippen LogP contribution in [-0.4, -0.2) is 57.8 Å². The fourth-order valence-corrected chi connectivity index (χ4v) is 4.85. The van der Waals surface area contributed by atoms with Crippen LogP contribution in [0.2, 0.25) is 0 Å². The molecule has 0 fully saturated rings. The summed E-state index contributed by atoms with van der Waals surface area (Å²) in [7, 11) is -2.52. The molecule has 0 aromatic heterocycles. The summed E-state index contributed by atoms with van der Waals surface area (Å²) in [4.78, 5) is 25.6. The second kappa shape index (κ2) is 9.61. The highest BCUT2D eigenvalue weighted by atomic mass is 32.2. The lowest BCUT2D eigenvalue weighted by atomic mass is 9.97. The zero-order chi connectivity index (χ0) is 21.7. The number of rotatable bonds is 7. The third-order valence-electron chi connectivity index (χ3n) is 5.40. The Hall–Kier alpha value is -2.39. The van der Waals surface area contributed by atoms with E-state index >= 15 is 0 Å². The molecule has 9 heteroatoms. The van der Waals surface area contributed by atoms with Gasteiger partial charge in [0.2, 0.25) is 21.8 Å². The summed E-state index contributed by atoms with van der Waals surface area (Å²) in [5.41, 5.74) is 1.78. The molecule has 0 unspecified atom stereocenters. The molecule has 1 aromatic rings. The summed E-state index contributed by atoms with van der Waals surface area (Å²) < 4.78 is 32.4. The number of hydrogen-bond acceptors (Lipinski definition) is 5. The van der Waals surface area contributed by atoms with Gasteiger partial charge < -0.3 is 15.0 Å². The summed E-state index contributed by atoms with van der Waals surface area (Å²) >= 11 is 0. The van der Waals surface area contributed by atoms with Gasteiger partial charge in [-0.3, -0.25) is 9.59 Å². The molecule has 8 nitrogen and oxygen atoms in total. The number of sulfonamides is 1. The summed E-state index contributed by atoms with van der Waals surface area (Å²) in [6, 6.07) is 4.40. The van der Waals surface area contributed by atoms with Crippen molar-refractivity contribution in [2.75, 3.05) is 38.2 Å². The minimum atomic E-state index is -3.89. The van der Waals surface area contributed by atoms with Gasteiger partial charge in [0.1, 0.15) is 12.4 Å². The smallest absolute Gasteiger partial charge is 0.243 e. The molecule has 2 amide bonds. The number of amides is 2. The van der Waals surface area contributed by atoms with Crippen molar-refractivity contribution >= 4 is 27.5 Å². The summed E-state index contributed by atoms with van der Waals surface area (Å²) in [5.74, 6) is -0.0631. The van der Waals surface area contributed by atoms with Crippen molar-refractivity contribution in [3.63, 3.8) is 0 Å². The van der Waals surface area contributed by atoms with Crippen LogP contribution in [0.4, 0.5) is 5.69 Å². The van der Waals surface area contributed by atoms with Gasteiger partial charge >= 0.3 is 0 Å². The van der Waals surface area contributed by atoms with Crippen molar-refractivity contribution in [2.45, 2.75) is 43.9 Å². The Labute approximate surface area is 177 Å². The standard InChI is InChI=1S/C21H29N3O5S/c1-16(25)24-12-13-29-20-9-8-18(14-19(20)24)30(27,28)23(2)15-21(26)22-11-10-17-6-4-3-5-7-17/h6,8-9,14H,3-5,7,10-13,15H2,1-2H3,(H,22,26). The molecule has 1 aliphatic heterocycles. The first-order valence-corrected chi connectivity index (χ1v) is 11.7. The molecule has 0 spiro atoms. The fraction of sp³-hybridized carbons (Fsp3) is 0.524. The van der Waals surface area contributed by atoms with E-state index in [2.05, 4.69) is 11.4 Å². The number of allylic oxidation sites excluding steroid dienone is 1. The maximum Gasteiger partial charge on any atom is 0.243 e. The minimum absolute atomic E-state index is 0.0145. The molecule has 2 aliphatic rings. The molecule has 1 N–H and O–H groups in total. The van der Waals surface area contributed by atoms with E-state index in [1.807, 2.05) is 0 Å². The quantitative estimate of drug-likeness (QED) is 0.662. The third kappa shape index (κ3) is 5.20. The third-order valence-corrected chi connectivity index (χ3v) is 7.20. The zero-order valence-electron chi connectivity index (χ0n) is 17.5. The fourth-order valence-electron chi connectivity index (χ4n) is 3.70. The van der Waals surface area contributed by atoms with E-state index in [0.717, 1.165) is 23.6 Å². The summed E-state index contributed by atoms with van der Waals surface area (Å²) in [6.07, 6.45) is 7.61. The molecule has 0 saturated carbocycles. The Bertz CT molecular complexity index is 942. The van der Waals surface area contributed by atoms with Crippen molar-refractivity contribution in [3.8, 4) is 5.75 Å². The van der Waals surface area contributed by atoms with Gasteiger partial charge in [0.15, 0.2) is 0 Å². The van der Waals surface area contributed by atoms with Gasteiger partial charge in [-0.15, -0.1) is 0 Å². The number of nitrogens with one attached hydrogen (secondary N) is 1. The van der Waals surface area contributed by atoms with Crippen LogP contribution in [0.1, 0.15) is 39.0 Å². The molecule has 0 radical (unpaired) electrons. The number of hydrogen-bond donors (Lipinski definition) is 1. The van der Waals surface area contributed by atoms with Crippen LogP contribution in [0.25, 0.3) is 0 Å². The lowest BCUT2D eigenvalue weighted by molar-refractivity contribution is -0.121.